The molecule has 0 aliphatic carbocycles. The van der Waals surface area contributed by atoms with Crippen molar-refractivity contribution in [2.24, 2.45) is 0 Å². The van der Waals surface area contributed by atoms with Crippen LogP contribution in [-0.4, -0.2) is 48.8 Å². The van der Waals surface area contributed by atoms with E-state index in [0.717, 1.165) is 22.8 Å². The Kier molecular flexibility index (Phi) is 17.5. The summed E-state index contributed by atoms with van der Waals surface area (Å²) in [4.78, 5) is 59.3. The number of halogens is 10. The van der Waals surface area contributed by atoms with Gasteiger partial charge in [-0.15, -0.1) is 13.2 Å². The van der Waals surface area contributed by atoms with Crippen LogP contribution in [0.25, 0.3) is 10.9 Å². The molecule has 0 saturated carbocycles. The summed E-state index contributed by atoms with van der Waals surface area (Å²) in [5, 5.41) is 26.4. The quantitative estimate of drug-likeness (QED) is 0.0832. The van der Waals surface area contributed by atoms with Crippen molar-refractivity contribution in [1.29, 1.82) is 0 Å². The molecule has 7 rings (SSSR count). The van der Waals surface area contributed by atoms with E-state index >= 15 is 0 Å². The van der Waals surface area contributed by atoms with Crippen LogP contribution in [0.5, 0.6) is 17.2 Å². The Morgan fingerprint density at radius 3 is 1.81 bits per heavy atom. The van der Waals surface area contributed by atoms with E-state index < -0.39 is 47.1 Å². The Balaban J connectivity index is 0.000000249. The summed E-state index contributed by atoms with van der Waals surface area (Å²) >= 11 is 23.4. The van der Waals surface area contributed by atoms with Gasteiger partial charge in [0.25, 0.3) is 23.3 Å². The van der Waals surface area contributed by atoms with Gasteiger partial charge in [0, 0.05) is 29.4 Å². The Labute approximate surface area is 407 Å². The first kappa shape index (κ1) is 52.9. The van der Waals surface area contributed by atoms with E-state index in [-0.39, 0.29) is 94.9 Å². The maximum absolute atomic E-state index is 13.2. The number of phenols is 2. The second kappa shape index (κ2) is 22.8. The minimum atomic E-state index is -4.89. The second-order valence-corrected chi connectivity index (χ2v) is 15.4. The van der Waals surface area contributed by atoms with Gasteiger partial charge < -0.3 is 30.9 Å². The lowest BCUT2D eigenvalue weighted by atomic mass is 10.1. The van der Waals surface area contributed by atoms with Crippen LogP contribution in [-0.2, 0) is 19.3 Å². The molecule has 0 aliphatic heterocycles. The fourth-order valence-corrected chi connectivity index (χ4v) is 7.04. The zero-order valence-corrected chi connectivity index (χ0v) is 38.5. The summed E-state index contributed by atoms with van der Waals surface area (Å²) in [5.74, 6) is -3.30. The number of ether oxygens (including phenoxy) is 1. The van der Waals surface area contributed by atoms with E-state index in [4.69, 9.17) is 46.4 Å². The van der Waals surface area contributed by atoms with Gasteiger partial charge in [-0.3, -0.25) is 23.7 Å². The van der Waals surface area contributed by atoms with Crippen molar-refractivity contribution in [2.45, 2.75) is 39.5 Å². The summed E-state index contributed by atoms with van der Waals surface area (Å²) in [5.41, 5.74) is -0.730. The van der Waals surface area contributed by atoms with Gasteiger partial charge in [0.2, 0.25) is 0 Å². The molecule has 13 nitrogen and oxygen atoms in total. The van der Waals surface area contributed by atoms with E-state index in [1.54, 1.807) is 12.1 Å². The minimum Gasteiger partial charge on any atom is -0.505 e. The van der Waals surface area contributed by atoms with Crippen LogP contribution in [0.3, 0.4) is 0 Å². The molecule has 3 amide bonds. The number of carbonyl (C=O) groups excluding carboxylic acids is 3. The highest BCUT2D eigenvalue weighted by atomic mass is 35.5. The van der Waals surface area contributed by atoms with Crippen molar-refractivity contribution in [3.8, 4) is 17.2 Å². The van der Waals surface area contributed by atoms with E-state index in [0.29, 0.717) is 0 Å². The number of nitrogens with zero attached hydrogens (tertiary/aromatic N) is 3. The standard InChI is InChI=1S/C23H14Cl2F3N3O3.C21H14Cl2F3N3O4.C2H6/c24-15-8-13(9-16(25)20(15)32)21(33)30-18-6-2-5-17-19(18)22(34)31(11-29-17)10-12-3-1-4-14(7-12)23(26,27)28;22-13-8-12(9-14(23)18(13)30)19(31)29-15-5-3-7-27-17(15)20(32)28-10-11-4-1-2-6-16(11)33-21(24,25)26;1-2/h1-9,11,32H,10H2,(H,30,33);1-9,30H,10H2,(H,28,32)(H,29,31);1-2H3. The van der Waals surface area contributed by atoms with E-state index in [2.05, 4.69) is 30.7 Å². The molecule has 23 heteroatoms. The molecule has 0 bridgehead atoms. The number of pyridine rings is 1. The van der Waals surface area contributed by atoms with Gasteiger partial charge in [-0.2, -0.15) is 13.2 Å². The number of fused-ring (bicyclic) bond motifs is 1. The summed E-state index contributed by atoms with van der Waals surface area (Å²) in [7, 11) is 0. The Morgan fingerprint density at radius 1 is 0.681 bits per heavy atom. The van der Waals surface area contributed by atoms with Crippen LogP contribution in [0.1, 0.15) is 61.7 Å². The average Bonchev–Trinajstić information content (AvgIpc) is 3.30. The van der Waals surface area contributed by atoms with Gasteiger partial charge in [-0.05, 0) is 72.3 Å². The van der Waals surface area contributed by atoms with Crippen molar-refractivity contribution in [1.82, 2.24) is 19.9 Å². The molecule has 7 aromatic rings. The number of benzene rings is 5. The highest BCUT2D eigenvalue weighted by molar-refractivity contribution is 6.38. The van der Waals surface area contributed by atoms with E-state index in [1.165, 1.54) is 85.3 Å². The monoisotopic (exact) mass is 1040 g/mol. The van der Waals surface area contributed by atoms with Gasteiger partial charge in [0.15, 0.2) is 17.2 Å². The Hall–Kier alpha value is -7.06. The third kappa shape index (κ3) is 13.8. The van der Waals surface area contributed by atoms with Crippen molar-refractivity contribution < 1.29 is 55.7 Å². The van der Waals surface area contributed by atoms with Gasteiger partial charge in [-0.1, -0.05) is 96.6 Å². The van der Waals surface area contributed by atoms with Crippen LogP contribution in [0.2, 0.25) is 20.1 Å². The number of rotatable bonds is 10. The normalized spacial score (nSPS) is 11.1. The molecule has 2 heterocycles. The number of anilines is 2. The number of amides is 3. The van der Waals surface area contributed by atoms with Crippen LogP contribution >= 0.6 is 46.4 Å². The Morgan fingerprint density at radius 2 is 1.23 bits per heavy atom. The molecule has 360 valence electrons. The van der Waals surface area contributed by atoms with E-state index in [1.807, 2.05) is 13.8 Å². The number of para-hydroxylation sites is 1. The lowest BCUT2D eigenvalue weighted by molar-refractivity contribution is -0.274. The molecule has 0 spiro atoms. The molecule has 0 radical (unpaired) electrons. The number of phenolic OH excluding ortho intramolecular Hbond substituents is 2. The highest BCUT2D eigenvalue weighted by Crippen LogP contribution is 2.35. The number of carbonyl (C=O) groups is 3. The van der Waals surface area contributed by atoms with Crippen LogP contribution in [0, 0.1) is 0 Å². The van der Waals surface area contributed by atoms with Gasteiger partial charge in [-0.25, -0.2) is 9.97 Å². The average molecular weight is 1040 g/mol. The van der Waals surface area contributed by atoms with Crippen molar-refractivity contribution >= 4 is 86.4 Å². The predicted octanol–water partition coefficient (Wildman–Crippen LogP) is 11.9. The molecule has 0 atom stereocenters. The minimum absolute atomic E-state index is 0.0104. The summed E-state index contributed by atoms with van der Waals surface area (Å²) in [6, 6.07) is 22.3. The highest BCUT2D eigenvalue weighted by Gasteiger charge is 2.32. The van der Waals surface area contributed by atoms with Gasteiger partial charge in [0.05, 0.1) is 60.8 Å². The van der Waals surface area contributed by atoms with Gasteiger partial charge >= 0.3 is 12.5 Å². The summed E-state index contributed by atoms with van der Waals surface area (Å²) in [6.45, 7) is 3.55. The lowest BCUT2D eigenvalue weighted by Gasteiger charge is -2.14. The zero-order chi connectivity index (χ0) is 50.8. The molecule has 0 aliphatic rings. The molecule has 0 fully saturated rings. The topological polar surface area (TPSA) is 185 Å². The molecule has 0 unspecified atom stereocenters. The molecular weight excluding hydrogens is 1000 g/mol. The number of aromatic hydroxyl groups is 2. The molecule has 0 saturated heterocycles. The molecule has 5 aromatic carbocycles. The first-order valence-electron chi connectivity index (χ1n) is 19.8. The SMILES string of the molecule is CC.O=C(Nc1cccc2ncn(Cc3cccc(C(F)(F)F)c3)c(=O)c12)c1cc(Cl)c(O)c(Cl)c1.O=C(Nc1cccnc1C(=O)NCc1ccccc1OC(F)(F)F)c1cc(Cl)c(O)c(Cl)c1. The second-order valence-electron chi connectivity index (χ2n) is 13.8. The first-order valence-corrected chi connectivity index (χ1v) is 21.3. The third-order valence-corrected chi connectivity index (χ3v) is 10.3. The van der Waals surface area contributed by atoms with Crippen LogP contribution in [0.4, 0.5) is 37.7 Å². The number of hydrogen-bond donors (Lipinski definition) is 5. The van der Waals surface area contributed by atoms with Crippen molar-refractivity contribution in [3.05, 3.63) is 180 Å². The maximum atomic E-state index is 13.2. The fourth-order valence-electron chi connectivity index (χ4n) is 6.06. The Bertz CT molecular complexity index is 3050. The lowest BCUT2D eigenvalue weighted by Crippen LogP contribution is -2.26. The largest absolute Gasteiger partial charge is 0.573 e. The van der Waals surface area contributed by atoms with Crippen LogP contribution < -0.4 is 26.2 Å². The van der Waals surface area contributed by atoms with E-state index in [9.17, 15) is 55.7 Å². The maximum Gasteiger partial charge on any atom is 0.573 e. The van der Waals surface area contributed by atoms with Crippen molar-refractivity contribution in [2.75, 3.05) is 10.6 Å². The first-order chi connectivity index (χ1) is 32.6. The summed E-state index contributed by atoms with van der Waals surface area (Å²) < 4.78 is 81.9. The molecule has 5 N–H and O–H groups in total. The van der Waals surface area contributed by atoms with Gasteiger partial charge in [0.1, 0.15) is 5.75 Å². The summed E-state index contributed by atoms with van der Waals surface area (Å²) in [6.07, 6.45) is -6.87. The van der Waals surface area contributed by atoms with Crippen molar-refractivity contribution in [3.63, 3.8) is 0 Å². The molecule has 69 heavy (non-hydrogen) atoms. The molecular formula is C46H34Cl4F6N6O7. The third-order valence-electron chi connectivity index (χ3n) is 9.18. The number of aromatic nitrogens is 3. The van der Waals surface area contributed by atoms with Crippen LogP contribution in [0.15, 0.2) is 120 Å². The smallest absolute Gasteiger partial charge is 0.505 e. The number of nitrogens with one attached hydrogen (secondary N) is 3. The zero-order valence-electron chi connectivity index (χ0n) is 35.4. The number of hydrogen-bond acceptors (Lipinski definition) is 9. The number of alkyl halides is 6. The predicted molar refractivity (Wildman–Crippen MR) is 249 cm³/mol. The fraction of sp³-hybridized carbons (Fsp3) is 0.130. The molecule has 2 aromatic heterocycles.